The van der Waals surface area contributed by atoms with Gasteiger partial charge in [0.2, 0.25) is 0 Å². The van der Waals surface area contributed by atoms with Crippen molar-refractivity contribution in [3.05, 3.63) is 39.6 Å². The van der Waals surface area contributed by atoms with Crippen LogP contribution in [0.1, 0.15) is 19.5 Å². The van der Waals surface area contributed by atoms with Gasteiger partial charge in [0.15, 0.2) is 5.65 Å². The number of nitrogens with zero attached hydrogens (tertiary/aromatic N) is 6. The van der Waals surface area contributed by atoms with E-state index < -0.39 is 17.9 Å². The highest BCUT2D eigenvalue weighted by Crippen LogP contribution is 2.29. The van der Waals surface area contributed by atoms with Crippen molar-refractivity contribution in [2.24, 2.45) is 0 Å². The molecule has 0 saturated carbocycles. The van der Waals surface area contributed by atoms with E-state index in [1.165, 1.54) is 0 Å². The summed E-state index contributed by atoms with van der Waals surface area (Å²) in [6.07, 6.45) is -2.38. The van der Waals surface area contributed by atoms with E-state index in [0.717, 1.165) is 20.3 Å². The van der Waals surface area contributed by atoms with Gasteiger partial charge in [-0.2, -0.15) is 9.61 Å². The fourth-order valence-corrected chi connectivity index (χ4v) is 4.44. The molecule has 178 valence electrons. The Morgan fingerprint density at radius 1 is 1.15 bits per heavy atom. The number of hydrogen-bond donors (Lipinski definition) is 3. The molecule has 0 amide bonds. The topological polar surface area (TPSA) is 112 Å². The normalized spacial score (nSPS) is 18.9. The fourth-order valence-electron chi connectivity index (χ4n) is 3.96. The minimum absolute atomic E-state index is 0.0597. The number of aromatic nitrogens is 5. The average Bonchev–Trinajstić information content (AvgIpc) is 3.34. The molecule has 34 heavy (non-hydrogen) atoms. The number of aliphatic hydroxyl groups is 2. The van der Waals surface area contributed by atoms with E-state index in [0.29, 0.717) is 28.7 Å². The van der Waals surface area contributed by atoms with Crippen LogP contribution in [0.3, 0.4) is 0 Å². The number of aliphatic hydroxyl groups excluding tert-OH is 1. The van der Waals surface area contributed by atoms with Gasteiger partial charge in [-0.3, -0.25) is 0 Å². The first kappa shape index (κ1) is 23.1. The molecule has 0 spiro atoms. The van der Waals surface area contributed by atoms with Crippen molar-refractivity contribution in [3.8, 4) is 11.4 Å². The van der Waals surface area contributed by atoms with Gasteiger partial charge in [0.1, 0.15) is 35.3 Å². The summed E-state index contributed by atoms with van der Waals surface area (Å²) in [5.41, 5.74) is 3.15. The fraction of sp³-hybridized carbons (Fsp3) is 0.391. The molecule has 2 atom stereocenters. The van der Waals surface area contributed by atoms with Gasteiger partial charge in [0.05, 0.1) is 28.9 Å². The number of alkyl halides is 1. The van der Waals surface area contributed by atoms with Crippen LogP contribution >= 0.6 is 22.6 Å². The summed E-state index contributed by atoms with van der Waals surface area (Å²) < 4.78 is 16.7. The molecule has 3 aromatic heterocycles. The first-order valence-electron chi connectivity index (χ1n) is 11.0. The van der Waals surface area contributed by atoms with Gasteiger partial charge in [-0.1, -0.05) is 0 Å². The quantitative estimate of drug-likeness (QED) is 0.311. The van der Waals surface area contributed by atoms with Gasteiger partial charge in [-0.25, -0.2) is 19.3 Å². The lowest BCUT2D eigenvalue weighted by molar-refractivity contribution is 0.0944. The highest BCUT2D eigenvalue weighted by molar-refractivity contribution is 14.1. The zero-order valence-electron chi connectivity index (χ0n) is 19.0. The summed E-state index contributed by atoms with van der Waals surface area (Å²) in [6, 6.07) is 9.47. The molecule has 1 aromatic carbocycles. The number of nitrogens with one attached hydrogen (secondary N) is 1. The van der Waals surface area contributed by atoms with Crippen molar-refractivity contribution in [2.75, 3.05) is 29.9 Å². The largest absolute Gasteiger partial charge is 0.389 e. The molecule has 0 aliphatic carbocycles. The standard InChI is InChI=1S/C23H25FIN7O2/c1-12-22(28-16-6-13(25)4-5-15(16)27-12)17-7-21-29-20(31-9-14(24)18(33)10-31)8-19(32(21)30-17)26-11-23(2,3)34/h4-8,14,18,26,33-34H,9-11H2,1-3H3/t14-,18-/m0/s1. The van der Waals surface area contributed by atoms with Crippen molar-refractivity contribution < 1.29 is 14.6 Å². The molecule has 4 heterocycles. The summed E-state index contributed by atoms with van der Waals surface area (Å²) in [5.74, 6) is 1.11. The third kappa shape index (κ3) is 4.51. The molecule has 4 aromatic rings. The first-order valence-corrected chi connectivity index (χ1v) is 12.0. The van der Waals surface area contributed by atoms with Crippen LogP contribution in [-0.2, 0) is 0 Å². The highest BCUT2D eigenvalue weighted by atomic mass is 127. The lowest BCUT2D eigenvalue weighted by Gasteiger charge is -2.21. The Morgan fingerprint density at radius 2 is 1.94 bits per heavy atom. The molecule has 11 heteroatoms. The van der Waals surface area contributed by atoms with Crippen molar-refractivity contribution in [2.45, 2.75) is 38.6 Å². The Balaban J connectivity index is 1.62. The number of halogens is 2. The Hall–Kier alpha value is -2.64. The maximum Gasteiger partial charge on any atom is 0.160 e. The zero-order chi connectivity index (χ0) is 24.2. The van der Waals surface area contributed by atoms with E-state index in [1.807, 2.05) is 31.2 Å². The number of anilines is 2. The second-order valence-electron chi connectivity index (χ2n) is 9.24. The molecular formula is C23H25FIN7O2. The van der Waals surface area contributed by atoms with Crippen LogP contribution in [0.2, 0.25) is 0 Å². The predicted molar refractivity (Wildman–Crippen MR) is 137 cm³/mol. The maximum absolute atomic E-state index is 14.0. The van der Waals surface area contributed by atoms with E-state index >= 15 is 0 Å². The van der Waals surface area contributed by atoms with Crippen molar-refractivity contribution >= 4 is 50.9 Å². The summed E-state index contributed by atoms with van der Waals surface area (Å²) in [7, 11) is 0. The molecule has 0 unspecified atom stereocenters. The third-order valence-corrected chi connectivity index (χ3v) is 6.37. The maximum atomic E-state index is 14.0. The van der Waals surface area contributed by atoms with Crippen molar-refractivity contribution in [1.29, 1.82) is 0 Å². The number of fused-ring (bicyclic) bond motifs is 2. The first-order chi connectivity index (χ1) is 16.1. The molecule has 3 N–H and O–H groups in total. The lowest BCUT2D eigenvalue weighted by Crippen LogP contribution is -2.30. The monoisotopic (exact) mass is 577 g/mol. The smallest absolute Gasteiger partial charge is 0.160 e. The molecule has 0 bridgehead atoms. The Morgan fingerprint density at radius 3 is 2.65 bits per heavy atom. The minimum atomic E-state index is -1.33. The van der Waals surface area contributed by atoms with Crippen molar-refractivity contribution in [3.63, 3.8) is 0 Å². The average molecular weight is 577 g/mol. The second-order valence-corrected chi connectivity index (χ2v) is 10.5. The summed E-state index contributed by atoms with van der Waals surface area (Å²) in [4.78, 5) is 15.9. The molecule has 9 nitrogen and oxygen atoms in total. The SMILES string of the molecule is Cc1nc2ccc(I)cc2nc1-c1cc2nc(N3C[C@H](O)[C@@H](F)C3)cc(NCC(C)(C)O)n2n1. The van der Waals surface area contributed by atoms with Crippen LogP contribution in [0.25, 0.3) is 28.1 Å². The molecular weight excluding hydrogens is 552 g/mol. The number of benzene rings is 1. The van der Waals surface area contributed by atoms with Gasteiger partial charge in [-0.05, 0) is 61.6 Å². The van der Waals surface area contributed by atoms with E-state index in [4.69, 9.17) is 10.1 Å². The van der Waals surface area contributed by atoms with E-state index in [9.17, 15) is 14.6 Å². The van der Waals surface area contributed by atoms with Crippen LogP contribution in [-0.4, -0.2) is 72.3 Å². The Kier molecular flexibility index (Phi) is 5.81. The van der Waals surface area contributed by atoms with Crippen LogP contribution in [0, 0.1) is 10.5 Å². The van der Waals surface area contributed by atoms with Gasteiger partial charge in [0.25, 0.3) is 0 Å². The van der Waals surface area contributed by atoms with Gasteiger partial charge in [-0.15, -0.1) is 0 Å². The number of aryl methyl sites for hydroxylation is 1. The number of hydrogen-bond acceptors (Lipinski definition) is 8. The summed E-state index contributed by atoms with van der Waals surface area (Å²) in [5, 5.41) is 28.1. The van der Waals surface area contributed by atoms with E-state index in [1.54, 1.807) is 29.3 Å². The van der Waals surface area contributed by atoms with E-state index in [-0.39, 0.29) is 19.6 Å². The zero-order valence-corrected chi connectivity index (χ0v) is 21.2. The number of β-amino-alcohol motifs (C(OH)–C–C–N with tert-alkyl or cyclic N) is 1. The van der Waals surface area contributed by atoms with Crippen LogP contribution < -0.4 is 10.2 Å². The minimum Gasteiger partial charge on any atom is -0.389 e. The Bertz CT molecular complexity index is 1380. The lowest BCUT2D eigenvalue weighted by atomic mass is 10.1. The van der Waals surface area contributed by atoms with Crippen LogP contribution in [0.15, 0.2) is 30.3 Å². The predicted octanol–water partition coefficient (Wildman–Crippen LogP) is 2.95. The summed E-state index contributed by atoms with van der Waals surface area (Å²) >= 11 is 2.24. The van der Waals surface area contributed by atoms with Gasteiger partial charge >= 0.3 is 0 Å². The van der Waals surface area contributed by atoms with Crippen LogP contribution in [0.4, 0.5) is 16.0 Å². The molecule has 5 rings (SSSR count). The van der Waals surface area contributed by atoms with Crippen molar-refractivity contribution in [1.82, 2.24) is 24.6 Å². The molecule has 1 aliphatic rings. The second kappa shape index (κ2) is 8.54. The molecule has 1 aliphatic heterocycles. The molecule has 0 radical (unpaired) electrons. The van der Waals surface area contributed by atoms with E-state index in [2.05, 4.69) is 37.9 Å². The molecule has 1 saturated heterocycles. The van der Waals surface area contributed by atoms with Gasteiger partial charge < -0.3 is 20.4 Å². The summed E-state index contributed by atoms with van der Waals surface area (Å²) in [6.45, 7) is 5.78. The Labute approximate surface area is 209 Å². The number of rotatable bonds is 5. The third-order valence-electron chi connectivity index (χ3n) is 5.70. The highest BCUT2D eigenvalue weighted by Gasteiger charge is 2.32. The molecule has 1 fully saturated rings. The van der Waals surface area contributed by atoms with Gasteiger partial charge in [0, 0.05) is 28.8 Å². The van der Waals surface area contributed by atoms with Crippen LogP contribution in [0.5, 0.6) is 0 Å².